The van der Waals surface area contributed by atoms with Gasteiger partial charge in [0.15, 0.2) is 0 Å². The van der Waals surface area contributed by atoms with Crippen LogP contribution in [-0.2, 0) is 24.0 Å². The van der Waals surface area contributed by atoms with E-state index in [-0.39, 0.29) is 0 Å². The maximum Gasteiger partial charge on any atom is 0.231 e. The van der Waals surface area contributed by atoms with Crippen LogP contribution in [0.5, 0.6) is 0 Å². The van der Waals surface area contributed by atoms with Gasteiger partial charge in [0.1, 0.15) is 0 Å². The van der Waals surface area contributed by atoms with Crippen molar-refractivity contribution in [3.05, 3.63) is 0 Å². The van der Waals surface area contributed by atoms with Crippen molar-refractivity contribution >= 4 is 30.4 Å². The van der Waals surface area contributed by atoms with Gasteiger partial charge in [-0.3, -0.25) is 0 Å². The predicted octanol–water partition coefficient (Wildman–Crippen LogP) is 1.70. The quantitative estimate of drug-likeness (QED) is 0.333. The van der Waals surface area contributed by atoms with Crippen LogP contribution in [0.4, 0.5) is 0 Å². The fourth-order valence-corrected chi connectivity index (χ4v) is 2.17. The lowest BCUT2D eigenvalue weighted by molar-refractivity contribution is 0.480. The Kier molecular flexibility index (Phi) is 38.1. The van der Waals surface area contributed by atoms with Crippen LogP contribution in [0.2, 0.25) is 0 Å². The molecule has 0 aromatic heterocycles. The average molecular weight is 311 g/mol. The third-order valence-electron chi connectivity index (χ3n) is 2.63. The minimum absolute atomic E-state index is 0.750. The van der Waals surface area contributed by atoms with E-state index in [2.05, 4.69) is 0 Å². The molecule has 0 atom stereocenters. The van der Waals surface area contributed by atoms with Crippen molar-refractivity contribution in [2.45, 2.75) is 32.1 Å². The molecule has 5 N–H and O–H groups in total. The van der Waals surface area contributed by atoms with E-state index < -0.39 is 0 Å². The average Bonchev–Trinajstić information content (AvgIpc) is 3.08. The number of hydrogen-bond donors (Lipinski definition) is 5. The first-order chi connectivity index (χ1) is 10.5. The molecule has 0 aliphatic heterocycles. The summed E-state index contributed by atoms with van der Waals surface area (Å²) in [4.78, 5) is 41.7. The molecule has 10 nitrogen and oxygen atoms in total. The standard InChI is InChI=1S/C7H12.5CHNO/c1-2-7-4-3-6(1)5-7;5*2-1-3/h6-7H,1-5H2;5*2H. The van der Waals surface area contributed by atoms with Gasteiger partial charge in [0.25, 0.3) is 0 Å². The summed E-state index contributed by atoms with van der Waals surface area (Å²) < 4.78 is 0. The first-order valence-electron chi connectivity index (χ1n) is 5.72. The van der Waals surface area contributed by atoms with Crippen molar-refractivity contribution < 1.29 is 24.0 Å². The smallest absolute Gasteiger partial charge is 0.222 e. The predicted molar refractivity (Wildman–Crippen MR) is 72.1 cm³/mol. The van der Waals surface area contributed by atoms with Crippen LogP contribution < -0.4 is 0 Å². The Morgan fingerprint density at radius 2 is 0.636 bits per heavy atom. The third-order valence-corrected chi connectivity index (χ3v) is 2.63. The third kappa shape index (κ3) is 36.0. The Labute approximate surface area is 126 Å². The van der Waals surface area contributed by atoms with Crippen molar-refractivity contribution in [1.82, 2.24) is 0 Å². The minimum atomic E-state index is 0.750. The fraction of sp³-hybridized carbons (Fsp3) is 0.583. The molecule has 0 aromatic rings. The minimum Gasteiger partial charge on any atom is -0.222 e. The molecule has 2 bridgehead atoms. The molecule has 10 heteroatoms. The van der Waals surface area contributed by atoms with Gasteiger partial charge in [-0.2, -0.15) is 0 Å². The second-order valence-corrected chi connectivity index (χ2v) is 3.63. The van der Waals surface area contributed by atoms with E-state index in [9.17, 15) is 0 Å². The molecule has 0 unspecified atom stereocenters. The molecule has 22 heavy (non-hydrogen) atoms. The van der Waals surface area contributed by atoms with Crippen LogP contribution in [0, 0.1) is 38.9 Å². The highest BCUT2D eigenvalue weighted by atomic mass is 16.1. The first kappa shape index (κ1) is 27.3. The van der Waals surface area contributed by atoms with Gasteiger partial charge in [-0.1, -0.05) is 25.7 Å². The van der Waals surface area contributed by atoms with E-state index >= 15 is 0 Å². The molecule has 0 amide bonds. The maximum atomic E-state index is 8.35. The molecule has 0 radical (unpaired) electrons. The largest absolute Gasteiger partial charge is 0.231 e. The highest BCUT2D eigenvalue weighted by Crippen LogP contribution is 2.43. The first-order valence-corrected chi connectivity index (χ1v) is 5.72. The Balaban J connectivity index is -0.0000000954. The van der Waals surface area contributed by atoms with Gasteiger partial charge < -0.3 is 0 Å². The molecule has 2 fully saturated rings. The zero-order valence-electron chi connectivity index (χ0n) is 11.7. The normalized spacial score (nSPS) is 17.1. The fourth-order valence-electron chi connectivity index (χ4n) is 2.17. The van der Waals surface area contributed by atoms with Crippen molar-refractivity contribution in [3.8, 4) is 0 Å². The lowest BCUT2D eigenvalue weighted by atomic mass is 10.0. The summed E-state index contributed by atoms with van der Waals surface area (Å²) in [5.74, 6) is 2.34. The van der Waals surface area contributed by atoms with Gasteiger partial charge >= 0.3 is 0 Å². The van der Waals surface area contributed by atoms with Crippen molar-refractivity contribution in [3.63, 3.8) is 0 Å². The van der Waals surface area contributed by atoms with E-state index in [1.165, 1.54) is 11.8 Å². The van der Waals surface area contributed by atoms with Crippen LogP contribution in [-0.4, -0.2) is 30.4 Å². The summed E-state index contributed by atoms with van der Waals surface area (Å²) in [6.07, 6.45) is 11.6. The van der Waals surface area contributed by atoms with Crippen LogP contribution in [0.25, 0.3) is 0 Å². The topological polar surface area (TPSA) is 205 Å². The molecule has 2 aliphatic carbocycles. The SMILES string of the molecule is C1CC2CCC1C2.N=C=O.N=C=O.N=C=O.N=C=O.N=C=O. The van der Waals surface area contributed by atoms with Crippen molar-refractivity contribution in [2.24, 2.45) is 11.8 Å². The highest BCUT2D eigenvalue weighted by molar-refractivity contribution is 5.27. The van der Waals surface area contributed by atoms with Gasteiger partial charge in [-0.25, -0.2) is 51.0 Å². The molecule has 2 rings (SSSR count). The maximum absolute atomic E-state index is 8.35. The van der Waals surface area contributed by atoms with Crippen LogP contribution in [0.3, 0.4) is 0 Å². The van der Waals surface area contributed by atoms with Gasteiger partial charge in [0.05, 0.1) is 0 Å². The lowest BCUT2D eigenvalue weighted by Crippen LogP contribution is -1.90. The molecule has 2 aliphatic rings. The Morgan fingerprint density at radius 3 is 0.682 bits per heavy atom. The second-order valence-electron chi connectivity index (χ2n) is 3.63. The van der Waals surface area contributed by atoms with Crippen molar-refractivity contribution in [1.29, 1.82) is 27.0 Å². The van der Waals surface area contributed by atoms with E-state index in [0.717, 1.165) is 30.4 Å². The summed E-state index contributed by atoms with van der Waals surface area (Å²) in [5, 5.41) is 27.0. The number of carbonyl (C=O) groups excluding carboxylic acids is 5. The van der Waals surface area contributed by atoms with Crippen LogP contribution in [0.15, 0.2) is 0 Å². The number of hydrogen-bond acceptors (Lipinski definition) is 10. The molecule has 120 valence electrons. The number of rotatable bonds is 0. The van der Waals surface area contributed by atoms with Crippen molar-refractivity contribution in [2.75, 3.05) is 0 Å². The summed E-state index contributed by atoms with van der Waals surface area (Å²) in [6.45, 7) is 0. The molecule has 0 aromatic carbocycles. The molecular formula is C12H17N5O5. The summed E-state index contributed by atoms with van der Waals surface area (Å²) >= 11 is 0. The zero-order chi connectivity index (χ0) is 18.2. The van der Waals surface area contributed by atoms with Crippen LogP contribution >= 0.6 is 0 Å². The molecular weight excluding hydrogens is 294 g/mol. The Bertz CT molecular complexity index is 334. The molecule has 0 saturated heterocycles. The van der Waals surface area contributed by atoms with Gasteiger partial charge in [-0.15, -0.1) is 0 Å². The summed E-state index contributed by atoms with van der Waals surface area (Å²) in [6, 6.07) is 0. The lowest BCUT2D eigenvalue weighted by Gasteiger charge is -2.05. The van der Waals surface area contributed by atoms with E-state index in [0.29, 0.717) is 0 Å². The highest BCUT2D eigenvalue weighted by Gasteiger charge is 2.30. The van der Waals surface area contributed by atoms with Crippen LogP contribution in [0.1, 0.15) is 32.1 Å². The molecule has 0 heterocycles. The molecule has 0 spiro atoms. The number of nitrogens with one attached hydrogen (secondary N) is 5. The Morgan fingerprint density at radius 1 is 0.500 bits per heavy atom. The van der Waals surface area contributed by atoms with E-state index in [1.807, 2.05) is 0 Å². The van der Waals surface area contributed by atoms with E-state index in [1.54, 1.807) is 32.1 Å². The summed E-state index contributed by atoms with van der Waals surface area (Å²) in [5.41, 5.74) is 0. The number of fused-ring (bicyclic) bond motifs is 2. The monoisotopic (exact) mass is 311 g/mol. The van der Waals surface area contributed by atoms with Gasteiger partial charge in [0.2, 0.25) is 30.4 Å². The second kappa shape index (κ2) is 30.7. The Hall–Kier alpha value is -3.10. The van der Waals surface area contributed by atoms with Gasteiger partial charge in [0, 0.05) is 0 Å². The van der Waals surface area contributed by atoms with Gasteiger partial charge in [-0.05, 0) is 18.3 Å². The zero-order valence-corrected chi connectivity index (χ0v) is 11.7. The summed E-state index contributed by atoms with van der Waals surface area (Å²) in [7, 11) is 0. The van der Waals surface area contributed by atoms with E-state index in [4.69, 9.17) is 51.0 Å². The number of isocyanates is 5. The molecule has 2 saturated carbocycles.